The third-order valence-corrected chi connectivity index (χ3v) is 4.67. The van der Waals surface area contributed by atoms with Gasteiger partial charge in [0.15, 0.2) is 5.96 Å². The van der Waals surface area contributed by atoms with Gasteiger partial charge in [-0.25, -0.2) is 0 Å². The van der Waals surface area contributed by atoms with Gasteiger partial charge in [0.05, 0.1) is 12.7 Å². The molecule has 0 radical (unpaired) electrons. The van der Waals surface area contributed by atoms with Crippen LogP contribution < -0.4 is 10.6 Å². The fourth-order valence-corrected chi connectivity index (χ4v) is 3.14. The molecule has 2 N–H and O–H groups in total. The first kappa shape index (κ1) is 20.6. The van der Waals surface area contributed by atoms with Crippen molar-refractivity contribution in [3.8, 4) is 0 Å². The molecule has 0 aliphatic carbocycles. The number of aromatic nitrogens is 3. The summed E-state index contributed by atoms with van der Waals surface area (Å²) in [6, 6.07) is 0.476. The Hall–Kier alpha value is -1.67. The van der Waals surface area contributed by atoms with E-state index < -0.39 is 0 Å². The zero-order valence-electron chi connectivity index (χ0n) is 16.7. The Labute approximate surface area is 157 Å². The minimum Gasteiger partial charge on any atom is -0.377 e. The zero-order valence-corrected chi connectivity index (χ0v) is 16.7. The number of likely N-dealkylation sites (tertiary alicyclic amines) is 1. The van der Waals surface area contributed by atoms with Gasteiger partial charge in [-0.2, -0.15) is 0 Å². The van der Waals surface area contributed by atoms with E-state index in [9.17, 15) is 0 Å². The van der Waals surface area contributed by atoms with E-state index in [2.05, 4.69) is 56.1 Å². The second-order valence-corrected chi connectivity index (χ2v) is 6.97. The number of hydrogen-bond acceptors (Lipinski definition) is 5. The third kappa shape index (κ3) is 6.92. The van der Waals surface area contributed by atoms with E-state index in [-0.39, 0.29) is 0 Å². The molecule has 1 fully saturated rings. The molecule has 1 saturated heterocycles. The zero-order chi connectivity index (χ0) is 18.8. The van der Waals surface area contributed by atoms with Crippen molar-refractivity contribution in [1.82, 2.24) is 30.3 Å². The average molecular weight is 366 g/mol. The first-order chi connectivity index (χ1) is 12.6. The second-order valence-electron chi connectivity index (χ2n) is 6.97. The normalized spacial score (nSPS) is 17.0. The second kappa shape index (κ2) is 11.1. The molecule has 0 amide bonds. The van der Waals surface area contributed by atoms with E-state index >= 15 is 0 Å². The SMILES string of the molecule is CCc1nncn1CCNC(=NC)NC1CCN(CCOC(C)C)CC1. The third-order valence-electron chi connectivity index (χ3n) is 4.67. The lowest BCUT2D eigenvalue weighted by molar-refractivity contribution is 0.0532. The Morgan fingerprint density at radius 1 is 1.35 bits per heavy atom. The lowest BCUT2D eigenvalue weighted by Crippen LogP contribution is -2.49. The van der Waals surface area contributed by atoms with Crippen LogP contribution in [-0.4, -0.2) is 77.6 Å². The molecule has 0 aromatic carbocycles. The highest BCUT2D eigenvalue weighted by atomic mass is 16.5. The molecule has 1 aliphatic heterocycles. The molecule has 0 unspecified atom stereocenters. The Balaban J connectivity index is 1.64. The first-order valence-electron chi connectivity index (χ1n) is 9.80. The number of rotatable bonds is 9. The molecule has 0 saturated carbocycles. The van der Waals surface area contributed by atoms with Crippen molar-refractivity contribution in [1.29, 1.82) is 0 Å². The summed E-state index contributed by atoms with van der Waals surface area (Å²) in [6.07, 6.45) is 5.26. The maximum atomic E-state index is 5.65. The van der Waals surface area contributed by atoms with Crippen LogP contribution >= 0.6 is 0 Å². The molecule has 8 nitrogen and oxygen atoms in total. The predicted molar refractivity (Wildman–Crippen MR) is 104 cm³/mol. The van der Waals surface area contributed by atoms with Crippen LogP contribution in [-0.2, 0) is 17.7 Å². The van der Waals surface area contributed by atoms with Gasteiger partial charge >= 0.3 is 0 Å². The van der Waals surface area contributed by atoms with Crippen LogP contribution in [0.25, 0.3) is 0 Å². The molecule has 1 aliphatic rings. The van der Waals surface area contributed by atoms with E-state index in [0.717, 1.165) is 70.4 Å². The van der Waals surface area contributed by atoms with Crippen molar-refractivity contribution < 1.29 is 4.74 Å². The molecule has 8 heteroatoms. The van der Waals surface area contributed by atoms with Gasteiger partial charge in [0.2, 0.25) is 0 Å². The monoisotopic (exact) mass is 365 g/mol. The van der Waals surface area contributed by atoms with Crippen molar-refractivity contribution in [2.75, 3.05) is 39.8 Å². The highest BCUT2D eigenvalue weighted by molar-refractivity contribution is 5.79. The highest BCUT2D eigenvalue weighted by Crippen LogP contribution is 2.10. The van der Waals surface area contributed by atoms with Crippen LogP contribution in [0.4, 0.5) is 0 Å². The van der Waals surface area contributed by atoms with Gasteiger partial charge in [-0.05, 0) is 26.7 Å². The van der Waals surface area contributed by atoms with E-state index in [0.29, 0.717) is 12.1 Å². The smallest absolute Gasteiger partial charge is 0.191 e. The molecule has 2 rings (SSSR count). The number of hydrogen-bond donors (Lipinski definition) is 2. The summed E-state index contributed by atoms with van der Waals surface area (Å²) in [5.41, 5.74) is 0. The lowest BCUT2D eigenvalue weighted by atomic mass is 10.1. The van der Waals surface area contributed by atoms with E-state index in [1.54, 1.807) is 6.33 Å². The number of piperidine rings is 1. The van der Waals surface area contributed by atoms with Gasteiger partial charge in [0, 0.05) is 52.2 Å². The van der Waals surface area contributed by atoms with Gasteiger partial charge in [-0.3, -0.25) is 4.99 Å². The van der Waals surface area contributed by atoms with Crippen LogP contribution in [0, 0.1) is 0 Å². The Morgan fingerprint density at radius 3 is 2.77 bits per heavy atom. The molecular formula is C18H35N7O. The standard InChI is InChI=1S/C18H35N7O/c1-5-17-23-21-14-25(17)11-8-20-18(19-4)22-16-6-9-24(10-7-16)12-13-26-15(2)3/h14-16H,5-13H2,1-4H3,(H2,19,20,22). The number of guanidine groups is 1. The van der Waals surface area contributed by atoms with E-state index in [1.165, 1.54) is 0 Å². The Morgan fingerprint density at radius 2 is 2.12 bits per heavy atom. The summed E-state index contributed by atoms with van der Waals surface area (Å²) >= 11 is 0. The van der Waals surface area contributed by atoms with Gasteiger partial charge < -0.3 is 24.8 Å². The van der Waals surface area contributed by atoms with E-state index in [4.69, 9.17) is 4.74 Å². The maximum Gasteiger partial charge on any atom is 0.191 e. The number of nitrogens with zero attached hydrogens (tertiary/aromatic N) is 5. The van der Waals surface area contributed by atoms with Crippen LogP contribution in [0.2, 0.25) is 0 Å². The van der Waals surface area contributed by atoms with Crippen molar-refractivity contribution in [2.24, 2.45) is 4.99 Å². The quantitative estimate of drug-likeness (QED) is 0.500. The van der Waals surface area contributed by atoms with Gasteiger partial charge in [-0.15, -0.1) is 10.2 Å². The summed E-state index contributed by atoms with van der Waals surface area (Å²) in [5, 5.41) is 15.0. The topological polar surface area (TPSA) is 79.6 Å². The predicted octanol–water partition coefficient (Wildman–Crippen LogP) is 0.895. The van der Waals surface area contributed by atoms with Gasteiger partial charge in [-0.1, -0.05) is 6.92 Å². The largest absolute Gasteiger partial charge is 0.377 e. The Kier molecular flexibility index (Phi) is 8.84. The minimum absolute atomic E-state index is 0.315. The van der Waals surface area contributed by atoms with Gasteiger partial charge in [0.25, 0.3) is 0 Å². The average Bonchev–Trinajstić information content (AvgIpc) is 3.09. The summed E-state index contributed by atoms with van der Waals surface area (Å²) in [7, 11) is 1.82. The van der Waals surface area contributed by atoms with Crippen LogP contribution in [0.1, 0.15) is 39.4 Å². The summed E-state index contributed by atoms with van der Waals surface area (Å²) in [5.74, 6) is 1.89. The molecule has 0 atom stereocenters. The maximum absolute atomic E-state index is 5.65. The molecule has 148 valence electrons. The molecule has 2 heterocycles. The van der Waals surface area contributed by atoms with Crippen molar-refractivity contribution in [2.45, 2.75) is 58.7 Å². The number of aliphatic imine (C=N–C) groups is 1. The molecule has 26 heavy (non-hydrogen) atoms. The minimum atomic E-state index is 0.315. The number of nitrogens with one attached hydrogen (secondary N) is 2. The van der Waals surface area contributed by atoms with Gasteiger partial charge in [0.1, 0.15) is 12.2 Å². The van der Waals surface area contributed by atoms with Crippen LogP contribution in [0.15, 0.2) is 11.3 Å². The lowest BCUT2D eigenvalue weighted by Gasteiger charge is -2.33. The molecular weight excluding hydrogens is 330 g/mol. The molecule has 0 bridgehead atoms. The fraction of sp³-hybridized carbons (Fsp3) is 0.833. The molecule has 1 aromatic heterocycles. The number of aryl methyl sites for hydroxylation is 1. The number of ether oxygens (including phenoxy) is 1. The fourth-order valence-electron chi connectivity index (χ4n) is 3.14. The molecule has 0 spiro atoms. The first-order valence-corrected chi connectivity index (χ1v) is 9.80. The van der Waals surface area contributed by atoms with Crippen molar-refractivity contribution in [3.05, 3.63) is 12.2 Å². The summed E-state index contributed by atoms with van der Waals surface area (Å²) in [6.45, 7) is 12.0. The van der Waals surface area contributed by atoms with Crippen LogP contribution in [0.5, 0.6) is 0 Å². The van der Waals surface area contributed by atoms with Crippen LogP contribution in [0.3, 0.4) is 0 Å². The molecule has 1 aromatic rings. The van der Waals surface area contributed by atoms with Crippen molar-refractivity contribution >= 4 is 5.96 Å². The van der Waals surface area contributed by atoms with Crippen molar-refractivity contribution in [3.63, 3.8) is 0 Å². The summed E-state index contributed by atoms with van der Waals surface area (Å²) < 4.78 is 7.73. The highest BCUT2D eigenvalue weighted by Gasteiger charge is 2.19. The van der Waals surface area contributed by atoms with E-state index in [1.807, 2.05) is 7.05 Å². The Bertz CT molecular complexity index is 535. The summed E-state index contributed by atoms with van der Waals surface area (Å²) in [4.78, 5) is 6.83.